The molecule has 5 heteroatoms. The Morgan fingerprint density at radius 1 is 0.958 bits per heavy atom. The van der Waals surface area contributed by atoms with Crippen LogP contribution in [0.2, 0.25) is 0 Å². The number of rotatable bonds is 5. The summed E-state index contributed by atoms with van der Waals surface area (Å²) in [6.07, 6.45) is 3.43. The van der Waals surface area contributed by atoms with Crippen molar-refractivity contribution in [1.82, 2.24) is 10.3 Å². The highest BCUT2D eigenvalue weighted by molar-refractivity contribution is 5.94. The van der Waals surface area contributed by atoms with Crippen molar-refractivity contribution in [3.05, 3.63) is 84.2 Å². The Hall–Kier alpha value is -3.34. The van der Waals surface area contributed by atoms with Gasteiger partial charge in [0.15, 0.2) is 0 Å². The number of nitrogens with zero attached hydrogens (tertiary/aromatic N) is 1. The number of nitrogens with one attached hydrogen (secondary N) is 2. The molecule has 1 aromatic heterocycles. The van der Waals surface area contributed by atoms with E-state index in [0.29, 0.717) is 12.1 Å². The minimum Gasteiger partial charge on any atom is -0.508 e. The fourth-order valence-electron chi connectivity index (χ4n) is 2.26. The van der Waals surface area contributed by atoms with E-state index in [1.807, 2.05) is 30.3 Å². The van der Waals surface area contributed by atoms with Gasteiger partial charge >= 0.3 is 0 Å². The Kier molecular flexibility index (Phi) is 4.72. The molecule has 0 atom stereocenters. The molecule has 3 N–H and O–H groups in total. The fourth-order valence-corrected chi connectivity index (χ4v) is 2.26. The van der Waals surface area contributed by atoms with Gasteiger partial charge in [-0.2, -0.15) is 0 Å². The summed E-state index contributed by atoms with van der Waals surface area (Å²) >= 11 is 0. The number of hydrogen-bond acceptors (Lipinski definition) is 4. The van der Waals surface area contributed by atoms with Crippen LogP contribution in [0.15, 0.2) is 73.1 Å². The summed E-state index contributed by atoms with van der Waals surface area (Å²) in [6.45, 7) is 0.365. The molecular weight excluding hydrogens is 302 g/mol. The van der Waals surface area contributed by atoms with E-state index in [-0.39, 0.29) is 11.7 Å². The van der Waals surface area contributed by atoms with Crippen molar-refractivity contribution < 1.29 is 9.90 Å². The van der Waals surface area contributed by atoms with E-state index in [1.54, 1.807) is 42.7 Å². The quantitative estimate of drug-likeness (QED) is 0.673. The zero-order valence-corrected chi connectivity index (χ0v) is 12.9. The van der Waals surface area contributed by atoms with Gasteiger partial charge in [0.25, 0.3) is 5.91 Å². The molecule has 0 aliphatic carbocycles. The minimum atomic E-state index is -0.159. The standard InChI is InChI=1S/C19H17N3O2/c23-18-3-1-2-14(12-18)13-21-19(24)15-4-6-16(7-5-15)22-17-8-10-20-11-9-17/h1-12,23H,13H2,(H,20,22)(H,21,24). The number of carbonyl (C=O) groups excluding carboxylic acids is 1. The number of pyridine rings is 1. The molecule has 0 radical (unpaired) electrons. The first-order valence-corrected chi connectivity index (χ1v) is 7.54. The highest BCUT2D eigenvalue weighted by Crippen LogP contribution is 2.16. The van der Waals surface area contributed by atoms with E-state index in [0.717, 1.165) is 16.9 Å². The lowest BCUT2D eigenvalue weighted by Crippen LogP contribution is -2.22. The number of hydrogen-bond donors (Lipinski definition) is 3. The molecule has 2 aromatic carbocycles. The van der Waals surface area contributed by atoms with E-state index in [4.69, 9.17) is 0 Å². The first-order chi connectivity index (χ1) is 11.7. The molecule has 0 aliphatic heterocycles. The first kappa shape index (κ1) is 15.6. The number of phenols is 1. The number of aromatic nitrogens is 1. The van der Waals surface area contributed by atoms with Crippen molar-refractivity contribution in [2.24, 2.45) is 0 Å². The van der Waals surface area contributed by atoms with Gasteiger partial charge in [-0.25, -0.2) is 0 Å². The van der Waals surface area contributed by atoms with Gasteiger partial charge in [-0.15, -0.1) is 0 Å². The Labute approximate surface area is 140 Å². The molecule has 120 valence electrons. The van der Waals surface area contributed by atoms with Crippen LogP contribution >= 0.6 is 0 Å². The Bertz CT molecular complexity index is 818. The first-order valence-electron chi connectivity index (χ1n) is 7.54. The largest absolute Gasteiger partial charge is 0.508 e. The van der Waals surface area contributed by atoms with E-state index in [2.05, 4.69) is 15.6 Å². The van der Waals surface area contributed by atoms with Gasteiger partial charge in [-0.3, -0.25) is 9.78 Å². The van der Waals surface area contributed by atoms with Gasteiger partial charge in [0.1, 0.15) is 5.75 Å². The Balaban J connectivity index is 1.59. The van der Waals surface area contributed by atoms with Crippen molar-refractivity contribution in [2.45, 2.75) is 6.54 Å². The molecule has 0 spiro atoms. The third-order valence-electron chi connectivity index (χ3n) is 3.48. The monoisotopic (exact) mass is 319 g/mol. The SMILES string of the molecule is O=C(NCc1cccc(O)c1)c1ccc(Nc2ccncc2)cc1. The van der Waals surface area contributed by atoms with Crippen LogP contribution in [0.3, 0.4) is 0 Å². The third-order valence-corrected chi connectivity index (χ3v) is 3.48. The van der Waals surface area contributed by atoms with Gasteiger partial charge < -0.3 is 15.7 Å². The lowest BCUT2D eigenvalue weighted by molar-refractivity contribution is 0.0951. The second-order valence-electron chi connectivity index (χ2n) is 5.29. The molecular formula is C19H17N3O2. The van der Waals surface area contributed by atoms with Gasteiger partial charge in [0, 0.05) is 35.9 Å². The predicted molar refractivity (Wildman–Crippen MR) is 93.2 cm³/mol. The Morgan fingerprint density at radius 2 is 1.67 bits per heavy atom. The normalized spacial score (nSPS) is 10.2. The average molecular weight is 319 g/mol. The maximum atomic E-state index is 12.2. The summed E-state index contributed by atoms with van der Waals surface area (Å²) < 4.78 is 0. The van der Waals surface area contributed by atoms with Crippen LogP contribution in [0, 0.1) is 0 Å². The number of carbonyl (C=O) groups is 1. The molecule has 0 saturated carbocycles. The maximum Gasteiger partial charge on any atom is 0.251 e. The summed E-state index contributed by atoms with van der Waals surface area (Å²) in [5.74, 6) is 0.0297. The van der Waals surface area contributed by atoms with Crippen molar-refractivity contribution in [1.29, 1.82) is 0 Å². The van der Waals surface area contributed by atoms with Crippen molar-refractivity contribution >= 4 is 17.3 Å². The van der Waals surface area contributed by atoms with Gasteiger partial charge in [0.05, 0.1) is 0 Å². The topological polar surface area (TPSA) is 74.2 Å². The summed E-state index contributed by atoms with van der Waals surface area (Å²) in [6, 6.07) is 17.8. The van der Waals surface area contributed by atoms with Crippen LogP contribution in [0.5, 0.6) is 5.75 Å². The minimum absolute atomic E-state index is 0.159. The van der Waals surface area contributed by atoms with Crippen molar-refractivity contribution in [3.63, 3.8) is 0 Å². The molecule has 24 heavy (non-hydrogen) atoms. The molecule has 0 unspecified atom stereocenters. The van der Waals surface area contributed by atoms with E-state index in [1.165, 1.54) is 0 Å². The van der Waals surface area contributed by atoms with Gasteiger partial charge in [0.2, 0.25) is 0 Å². The molecule has 1 amide bonds. The molecule has 0 fully saturated rings. The molecule has 3 aromatic rings. The van der Waals surface area contributed by atoms with Crippen LogP contribution in [0.25, 0.3) is 0 Å². The number of anilines is 2. The van der Waals surface area contributed by atoms with Gasteiger partial charge in [-0.1, -0.05) is 12.1 Å². The number of phenolic OH excluding ortho intramolecular Hbond substituents is 1. The molecule has 0 bridgehead atoms. The van der Waals surface area contributed by atoms with E-state index in [9.17, 15) is 9.90 Å². The van der Waals surface area contributed by atoms with Gasteiger partial charge in [-0.05, 0) is 54.1 Å². The highest BCUT2D eigenvalue weighted by Gasteiger charge is 2.05. The second kappa shape index (κ2) is 7.28. The fraction of sp³-hybridized carbons (Fsp3) is 0.0526. The molecule has 5 nitrogen and oxygen atoms in total. The number of aromatic hydroxyl groups is 1. The van der Waals surface area contributed by atoms with Crippen LogP contribution in [-0.2, 0) is 6.54 Å². The third kappa shape index (κ3) is 4.10. The number of amides is 1. The zero-order valence-electron chi connectivity index (χ0n) is 12.9. The second-order valence-corrected chi connectivity index (χ2v) is 5.29. The Morgan fingerprint density at radius 3 is 2.38 bits per heavy atom. The molecule has 0 aliphatic rings. The van der Waals surface area contributed by atoms with E-state index >= 15 is 0 Å². The summed E-state index contributed by atoms with van der Waals surface area (Å²) in [5, 5.41) is 15.5. The predicted octanol–water partition coefficient (Wildman–Crippen LogP) is 3.46. The summed E-state index contributed by atoms with van der Waals surface area (Å²) in [7, 11) is 0. The molecule has 3 rings (SSSR count). The lowest BCUT2D eigenvalue weighted by atomic mass is 10.1. The maximum absolute atomic E-state index is 12.2. The van der Waals surface area contributed by atoms with E-state index < -0.39 is 0 Å². The average Bonchev–Trinajstić information content (AvgIpc) is 2.61. The highest BCUT2D eigenvalue weighted by atomic mass is 16.3. The van der Waals surface area contributed by atoms with Crippen LogP contribution in [-0.4, -0.2) is 16.0 Å². The summed E-state index contributed by atoms with van der Waals surface area (Å²) in [5.41, 5.74) is 3.26. The molecule has 1 heterocycles. The summed E-state index contributed by atoms with van der Waals surface area (Å²) in [4.78, 5) is 16.1. The van der Waals surface area contributed by atoms with Crippen LogP contribution < -0.4 is 10.6 Å². The van der Waals surface area contributed by atoms with Crippen LogP contribution in [0.4, 0.5) is 11.4 Å². The number of benzene rings is 2. The molecule has 0 saturated heterocycles. The van der Waals surface area contributed by atoms with Crippen LogP contribution in [0.1, 0.15) is 15.9 Å². The smallest absolute Gasteiger partial charge is 0.251 e. The van der Waals surface area contributed by atoms with Crippen molar-refractivity contribution in [3.8, 4) is 5.75 Å². The van der Waals surface area contributed by atoms with Crippen molar-refractivity contribution in [2.75, 3.05) is 5.32 Å². The lowest BCUT2D eigenvalue weighted by Gasteiger charge is -2.08. The zero-order chi connectivity index (χ0) is 16.8.